The summed E-state index contributed by atoms with van der Waals surface area (Å²) >= 11 is 1.38. The molecule has 0 radical (unpaired) electrons. The zero-order valence-electron chi connectivity index (χ0n) is 9.47. The highest BCUT2D eigenvalue weighted by atomic mass is 32.1. The quantitative estimate of drug-likeness (QED) is 0.902. The Hall–Kier alpha value is -1.81. The monoisotopic (exact) mass is 247 g/mol. The van der Waals surface area contributed by atoms with Crippen LogP contribution in [0.25, 0.3) is 0 Å². The number of amides is 1. The summed E-state index contributed by atoms with van der Waals surface area (Å²) in [4.78, 5) is 12.5. The summed E-state index contributed by atoms with van der Waals surface area (Å²) in [6, 6.07) is 11.6. The van der Waals surface area contributed by atoms with Crippen molar-refractivity contribution in [1.29, 1.82) is 0 Å². The molecule has 0 saturated heterocycles. The van der Waals surface area contributed by atoms with Gasteiger partial charge in [0.1, 0.15) is 10.6 Å². The zero-order chi connectivity index (χ0) is 12.1. The Balaban J connectivity index is 1.98. The summed E-state index contributed by atoms with van der Waals surface area (Å²) in [6.45, 7) is 0.528. The number of rotatable bonds is 4. The summed E-state index contributed by atoms with van der Waals surface area (Å²) in [6.07, 6.45) is 0. The van der Waals surface area contributed by atoms with Crippen molar-refractivity contribution < 1.29 is 9.53 Å². The molecular weight excluding hydrogens is 234 g/mol. The van der Waals surface area contributed by atoms with E-state index >= 15 is 0 Å². The first-order chi connectivity index (χ1) is 8.31. The van der Waals surface area contributed by atoms with Gasteiger partial charge < -0.3 is 10.1 Å². The Morgan fingerprint density at radius 2 is 2.06 bits per heavy atom. The van der Waals surface area contributed by atoms with Crippen molar-refractivity contribution >= 4 is 17.2 Å². The molecule has 0 aliphatic carbocycles. The van der Waals surface area contributed by atoms with Gasteiger partial charge in [-0.1, -0.05) is 30.3 Å². The van der Waals surface area contributed by atoms with Crippen molar-refractivity contribution in [2.24, 2.45) is 0 Å². The fourth-order valence-electron chi connectivity index (χ4n) is 1.48. The average Bonchev–Trinajstić information content (AvgIpc) is 2.85. The van der Waals surface area contributed by atoms with Gasteiger partial charge in [0.25, 0.3) is 5.91 Å². The average molecular weight is 247 g/mol. The van der Waals surface area contributed by atoms with Gasteiger partial charge in [-0.3, -0.25) is 4.79 Å². The van der Waals surface area contributed by atoms with Gasteiger partial charge in [-0.2, -0.15) is 0 Å². The Bertz CT molecular complexity index is 493. The predicted octanol–water partition coefficient (Wildman–Crippen LogP) is 2.69. The molecule has 1 heterocycles. The molecule has 1 amide bonds. The zero-order valence-corrected chi connectivity index (χ0v) is 10.3. The highest BCUT2D eigenvalue weighted by Crippen LogP contribution is 2.24. The van der Waals surface area contributed by atoms with E-state index in [2.05, 4.69) is 5.32 Å². The van der Waals surface area contributed by atoms with Gasteiger partial charge in [-0.25, -0.2) is 0 Å². The van der Waals surface area contributed by atoms with Gasteiger partial charge >= 0.3 is 0 Å². The molecule has 2 aromatic rings. The maximum Gasteiger partial charge on any atom is 0.265 e. The van der Waals surface area contributed by atoms with E-state index in [-0.39, 0.29) is 5.91 Å². The third-order valence-electron chi connectivity index (χ3n) is 2.35. The standard InChI is InChI=1S/C13H13NO2S/c1-16-11-7-8-17-12(11)13(15)14-9-10-5-3-2-4-6-10/h2-8H,9H2,1H3,(H,14,15). The third kappa shape index (κ3) is 2.85. The number of methoxy groups -OCH3 is 1. The number of ether oxygens (including phenoxy) is 1. The van der Waals surface area contributed by atoms with E-state index < -0.39 is 0 Å². The van der Waals surface area contributed by atoms with E-state index in [0.717, 1.165) is 5.56 Å². The minimum absolute atomic E-state index is 0.0966. The van der Waals surface area contributed by atoms with Crippen molar-refractivity contribution in [2.45, 2.75) is 6.54 Å². The summed E-state index contributed by atoms with van der Waals surface area (Å²) in [7, 11) is 1.57. The molecular formula is C13H13NO2S. The molecule has 1 aromatic heterocycles. The van der Waals surface area contributed by atoms with Crippen molar-refractivity contribution in [3.8, 4) is 5.75 Å². The summed E-state index contributed by atoms with van der Waals surface area (Å²) in [5, 5.41) is 4.71. The molecule has 1 N–H and O–H groups in total. The summed E-state index contributed by atoms with van der Waals surface area (Å²) in [5.74, 6) is 0.529. The first-order valence-corrected chi connectivity index (χ1v) is 6.13. The SMILES string of the molecule is COc1ccsc1C(=O)NCc1ccccc1. The second-order valence-corrected chi connectivity index (χ2v) is 4.40. The van der Waals surface area contributed by atoms with Crippen LogP contribution in [0.5, 0.6) is 5.75 Å². The molecule has 0 unspecified atom stereocenters. The molecule has 88 valence electrons. The highest BCUT2D eigenvalue weighted by Gasteiger charge is 2.12. The minimum Gasteiger partial charge on any atom is -0.495 e. The van der Waals surface area contributed by atoms with Crippen molar-refractivity contribution in [3.63, 3.8) is 0 Å². The lowest BCUT2D eigenvalue weighted by Crippen LogP contribution is -2.22. The van der Waals surface area contributed by atoms with Gasteiger partial charge in [0.2, 0.25) is 0 Å². The van der Waals surface area contributed by atoms with Crippen LogP contribution in [-0.4, -0.2) is 13.0 Å². The second kappa shape index (κ2) is 5.50. The molecule has 0 saturated carbocycles. The van der Waals surface area contributed by atoms with Crippen LogP contribution in [0.1, 0.15) is 15.2 Å². The fourth-order valence-corrected chi connectivity index (χ4v) is 2.26. The molecule has 0 aliphatic heterocycles. The number of benzene rings is 1. The van der Waals surface area contributed by atoms with Gasteiger partial charge in [-0.15, -0.1) is 11.3 Å². The molecule has 17 heavy (non-hydrogen) atoms. The van der Waals surface area contributed by atoms with Crippen LogP contribution < -0.4 is 10.1 Å². The Morgan fingerprint density at radius 3 is 2.76 bits per heavy atom. The fraction of sp³-hybridized carbons (Fsp3) is 0.154. The molecule has 0 aliphatic rings. The lowest BCUT2D eigenvalue weighted by atomic mass is 10.2. The molecule has 0 atom stereocenters. The molecule has 0 spiro atoms. The molecule has 2 rings (SSSR count). The topological polar surface area (TPSA) is 38.3 Å². The molecule has 1 aromatic carbocycles. The highest BCUT2D eigenvalue weighted by molar-refractivity contribution is 7.12. The van der Waals surface area contributed by atoms with Crippen molar-refractivity contribution in [3.05, 3.63) is 52.2 Å². The third-order valence-corrected chi connectivity index (χ3v) is 3.25. The number of nitrogens with one attached hydrogen (secondary N) is 1. The van der Waals surface area contributed by atoms with Crippen LogP contribution in [-0.2, 0) is 6.54 Å². The summed E-state index contributed by atoms with van der Waals surface area (Å²) in [5.41, 5.74) is 1.08. The maximum absolute atomic E-state index is 11.9. The van der Waals surface area contributed by atoms with Gasteiger partial charge in [-0.05, 0) is 17.0 Å². The minimum atomic E-state index is -0.0966. The van der Waals surface area contributed by atoms with Crippen LogP contribution in [0.4, 0.5) is 0 Å². The van der Waals surface area contributed by atoms with Crippen LogP contribution in [0.3, 0.4) is 0 Å². The smallest absolute Gasteiger partial charge is 0.265 e. The van der Waals surface area contributed by atoms with E-state index in [1.807, 2.05) is 35.7 Å². The first-order valence-electron chi connectivity index (χ1n) is 5.25. The van der Waals surface area contributed by atoms with Crippen LogP contribution in [0.15, 0.2) is 41.8 Å². The van der Waals surface area contributed by atoms with E-state index in [4.69, 9.17) is 4.74 Å². The Labute approximate surface area is 104 Å². The van der Waals surface area contributed by atoms with E-state index in [9.17, 15) is 4.79 Å². The van der Waals surface area contributed by atoms with E-state index in [1.54, 1.807) is 13.2 Å². The van der Waals surface area contributed by atoms with Gasteiger partial charge in [0, 0.05) is 6.54 Å². The number of hydrogen-bond donors (Lipinski definition) is 1. The Morgan fingerprint density at radius 1 is 1.29 bits per heavy atom. The summed E-state index contributed by atoms with van der Waals surface area (Å²) < 4.78 is 5.11. The lowest BCUT2D eigenvalue weighted by molar-refractivity contribution is 0.0952. The normalized spacial score (nSPS) is 9.94. The maximum atomic E-state index is 11.9. The first kappa shape index (κ1) is 11.7. The number of hydrogen-bond acceptors (Lipinski definition) is 3. The number of carbonyl (C=O) groups excluding carboxylic acids is 1. The Kier molecular flexibility index (Phi) is 3.77. The molecule has 0 fully saturated rings. The molecule has 3 nitrogen and oxygen atoms in total. The van der Waals surface area contributed by atoms with Crippen molar-refractivity contribution in [1.82, 2.24) is 5.32 Å². The van der Waals surface area contributed by atoms with Crippen molar-refractivity contribution in [2.75, 3.05) is 7.11 Å². The van der Waals surface area contributed by atoms with Gasteiger partial charge in [0.05, 0.1) is 7.11 Å². The predicted molar refractivity (Wildman–Crippen MR) is 68.5 cm³/mol. The van der Waals surface area contributed by atoms with Crippen LogP contribution in [0, 0.1) is 0 Å². The lowest BCUT2D eigenvalue weighted by Gasteiger charge is -2.05. The van der Waals surface area contributed by atoms with E-state index in [1.165, 1.54) is 11.3 Å². The molecule has 4 heteroatoms. The van der Waals surface area contributed by atoms with Crippen LogP contribution >= 0.6 is 11.3 Å². The van der Waals surface area contributed by atoms with Crippen LogP contribution in [0.2, 0.25) is 0 Å². The van der Waals surface area contributed by atoms with E-state index in [0.29, 0.717) is 17.2 Å². The largest absolute Gasteiger partial charge is 0.495 e. The van der Waals surface area contributed by atoms with Gasteiger partial charge in [0.15, 0.2) is 0 Å². The number of carbonyl (C=O) groups is 1. The number of thiophene rings is 1. The second-order valence-electron chi connectivity index (χ2n) is 3.49. The molecule has 0 bridgehead atoms.